The van der Waals surface area contributed by atoms with E-state index in [0.717, 1.165) is 6.54 Å². The van der Waals surface area contributed by atoms with Gasteiger partial charge in [0, 0.05) is 19.4 Å². The van der Waals surface area contributed by atoms with E-state index in [1.165, 1.54) is 11.1 Å². The average molecular weight is 247 g/mol. The number of ether oxygens (including phenoxy) is 1. The zero-order chi connectivity index (χ0) is 12.8. The molecule has 0 amide bonds. The van der Waals surface area contributed by atoms with Gasteiger partial charge in [0.2, 0.25) is 0 Å². The Morgan fingerprint density at radius 2 is 1.89 bits per heavy atom. The number of rotatable bonds is 1. The Morgan fingerprint density at radius 1 is 1.22 bits per heavy atom. The van der Waals surface area contributed by atoms with E-state index in [0.29, 0.717) is 12.8 Å². The Labute approximate surface area is 108 Å². The molecule has 3 nitrogen and oxygen atoms in total. The SMILES string of the molecule is CC1CC(O)(C2NCc3ccccc32)CC(C)O1. The van der Waals surface area contributed by atoms with Crippen molar-refractivity contribution in [2.75, 3.05) is 0 Å². The molecule has 2 N–H and O–H groups in total. The highest BCUT2D eigenvalue weighted by molar-refractivity contribution is 5.36. The third-order valence-corrected chi connectivity index (χ3v) is 4.15. The van der Waals surface area contributed by atoms with Crippen molar-refractivity contribution in [3.8, 4) is 0 Å². The fourth-order valence-electron chi connectivity index (χ4n) is 3.59. The Morgan fingerprint density at radius 3 is 2.61 bits per heavy atom. The number of hydrogen-bond acceptors (Lipinski definition) is 3. The van der Waals surface area contributed by atoms with Crippen molar-refractivity contribution < 1.29 is 9.84 Å². The maximum absolute atomic E-state index is 11.0. The van der Waals surface area contributed by atoms with E-state index in [2.05, 4.69) is 23.5 Å². The molecule has 3 unspecified atom stereocenters. The van der Waals surface area contributed by atoms with Gasteiger partial charge in [-0.15, -0.1) is 0 Å². The summed E-state index contributed by atoms with van der Waals surface area (Å²) >= 11 is 0. The van der Waals surface area contributed by atoms with Crippen molar-refractivity contribution in [2.24, 2.45) is 0 Å². The summed E-state index contributed by atoms with van der Waals surface area (Å²) < 4.78 is 5.74. The molecule has 2 heterocycles. The van der Waals surface area contributed by atoms with Crippen molar-refractivity contribution in [2.45, 2.75) is 57.1 Å². The second-order valence-electron chi connectivity index (χ2n) is 5.78. The lowest BCUT2D eigenvalue weighted by molar-refractivity contribution is -0.145. The lowest BCUT2D eigenvalue weighted by Crippen LogP contribution is -2.50. The van der Waals surface area contributed by atoms with Gasteiger partial charge in [0.05, 0.1) is 23.9 Å². The van der Waals surface area contributed by atoms with Crippen molar-refractivity contribution >= 4 is 0 Å². The molecule has 0 aliphatic carbocycles. The molecule has 18 heavy (non-hydrogen) atoms. The van der Waals surface area contributed by atoms with E-state index in [9.17, 15) is 5.11 Å². The smallest absolute Gasteiger partial charge is 0.0890 e. The molecule has 98 valence electrons. The van der Waals surface area contributed by atoms with E-state index >= 15 is 0 Å². The molecule has 0 saturated carbocycles. The monoisotopic (exact) mass is 247 g/mol. The molecule has 3 rings (SSSR count). The zero-order valence-corrected chi connectivity index (χ0v) is 11.0. The van der Waals surface area contributed by atoms with Crippen molar-refractivity contribution in [3.05, 3.63) is 35.4 Å². The fourth-order valence-corrected chi connectivity index (χ4v) is 3.59. The summed E-state index contributed by atoms with van der Waals surface area (Å²) in [6.07, 6.45) is 1.63. The Balaban J connectivity index is 1.91. The molecule has 3 atom stereocenters. The number of hydrogen-bond donors (Lipinski definition) is 2. The second kappa shape index (κ2) is 4.34. The molecule has 0 bridgehead atoms. The molecule has 1 saturated heterocycles. The maximum Gasteiger partial charge on any atom is 0.0890 e. The first-order chi connectivity index (χ1) is 8.58. The fraction of sp³-hybridized carbons (Fsp3) is 0.600. The molecule has 1 fully saturated rings. The van der Waals surface area contributed by atoms with Gasteiger partial charge in [0.15, 0.2) is 0 Å². The van der Waals surface area contributed by atoms with Crippen LogP contribution in [0.4, 0.5) is 0 Å². The summed E-state index contributed by atoms with van der Waals surface area (Å²) in [4.78, 5) is 0. The molecule has 2 aliphatic rings. The van der Waals surface area contributed by atoms with E-state index in [1.807, 2.05) is 19.9 Å². The highest BCUT2D eigenvalue weighted by Crippen LogP contribution is 2.42. The summed E-state index contributed by atoms with van der Waals surface area (Å²) in [6.45, 7) is 4.94. The molecule has 1 aromatic carbocycles. The minimum Gasteiger partial charge on any atom is -0.388 e. The van der Waals surface area contributed by atoms with Crippen molar-refractivity contribution in [1.29, 1.82) is 0 Å². The van der Waals surface area contributed by atoms with Crippen LogP contribution < -0.4 is 5.32 Å². The standard InChI is InChI=1S/C15H21NO2/c1-10-7-15(17,8-11(2)18-10)14-13-6-4-3-5-12(13)9-16-14/h3-6,10-11,14,16-17H,7-9H2,1-2H3. The van der Waals surface area contributed by atoms with Crippen LogP contribution in [0.15, 0.2) is 24.3 Å². The second-order valence-corrected chi connectivity index (χ2v) is 5.78. The number of fused-ring (bicyclic) bond motifs is 1. The summed E-state index contributed by atoms with van der Waals surface area (Å²) in [6, 6.07) is 8.42. The van der Waals surface area contributed by atoms with Gasteiger partial charge < -0.3 is 15.2 Å². The molecule has 0 radical (unpaired) electrons. The Kier molecular flexibility index (Phi) is 2.93. The zero-order valence-electron chi connectivity index (χ0n) is 11.0. The molecule has 1 aromatic rings. The van der Waals surface area contributed by atoms with Gasteiger partial charge in [-0.05, 0) is 25.0 Å². The van der Waals surface area contributed by atoms with Crippen LogP contribution in [-0.2, 0) is 11.3 Å². The molecule has 2 aliphatic heterocycles. The van der Waals surface area contributed by atoms with Crippen LogP contribution in [0.25, 0.3) is 0 Å². The van der Waals surface area contributed by atoms with Gasteiger partial charge in [-0.3, -0.25) is 0 Å². The van der Waals surface area contributed by atoms with Crippen molar-refractivity contribution in [3.63, 3.8) is 0 Å². The predicted octanol–water partition coefficient (Wildman–Crippen LogP) is 2.15. The van der Waals surface area contributed by atoms with Gasteiger partial charge in [0.1, 0.15) is 0 Å². The number of benzene rings is 1. The molecule has 0 aromatic heterocycles. The van der Waals surface area contributed by atoms with Crippen LogP contribution in [0.3, 0.4) is 0 Å². The van der Waals surface area contributed by atoms with E-state index in [-0.39, 0.29) is 18.2 Å². The lowest BCUT2D eigenvalue weighted by Gasteiger charge is -2.43. The van der Waals surface area contributed by atoms with Gasteiger partial charge >= 0.3 is 0 Å². The van der Waals surface area contributed by atoms with Gasteiger partial charge in [-0.25, -0.2) is 0 Å². The normalized spacial score (nSPS) is 39.6. The molecule has 3 heteroatoms. The first kappa shape index (κ1) is 12.2. The van der Waals surface area contributed by atoms with Crippen LogP contribution in [-0.4, -0.2) is 22.9 Å². The topological polar surface area (TPSA) is 41.5 Å². The van der Waals surface area contributed by atoms with Crippen LogP contribution in [0.2, 0.25) is 0 Å². The molecular formula is C15H21NO2. The van der Waals surface area contributed by atoms with Crippen LogP contribution in [0.1, 0.15) is 43.9 Å². The van der Waals surface area contributed by atoms with E-state index in [4.69, 9.17) is 4.74 Å². The Bertz CT molecular complexity index is 436. The Hall–Kier alpha value is -0.900. The minimum absolute atomic E-state index is 0.0440. The summed E-state index contributed by atoms with van der Waals surface area (Å²) in [5.41, 5.74) is 1.87. The molecular weight excluding hydrogens is 226 g/mol. The van der Waals surface area contributed by atoms with E-state index in [1.54, 1.807) is 0 Å². The summed E-state index contributed by atoms with van der Waals surface area (Å²) in [5, 5.41) is 14.5. The molecule has 0 spiro atoms. The van der Waals surface area contributed by atoms with Gasteiger partial charge in [0.25, 0.3) is 0 Å². The van der Waals surface area contributed by atoms with Gasteiger partial charge in [-0.1, -0.05) is 24.3 Å². The maximum atomic E-state index is 11.0. The number of nitrogens with one attached hydrogen (secondary N) is 1. The lowest BCUT2D eigenvalue weighted by atomic mass is 9.79. The summed E-state index contributed by atoms with van der Waals surface area (Å²) in [7, 11) is 0. The van der Waals surface area contributed by atoms with Gasteiger partial charge in [-0.2, -0.15) is 0 Å². The number of aliphatic hydroxyl groups is 1. The van der Waals surface area contributed by atoms with E-state index < -0.39 is 5.60 Å². The van der Waals surface area contributed by atoms with Crippen LogP contribution in [0.5, 0.6) is 0 Å². The van der Waals surface area contributed by atoms with Crippen molar-refractivity contribution in [1.82, 2.24) is 5.32 Å². The first-order valence-corrected chi connectivity index (χ1v) is 6.77. The average Bonchev–Trinajstić information content (AvgIpc) is 2.71. The van der Waals surface area contributed by atoms with Crippen LogP contribution in [0, 0.1) is 0 Å². The highest BCUT2D eigenvalue weighted by atomic mass is 16.5. The van der Waals surface area contributed by atoms with Crippen LogP contribution >= 0.6 is 0 Å². The highest BCUT2D eigenvalue weighted by Gasteiger charge is 2.45. The first-order valence-electron chi connectivity index (χ1n) is 6.77. The minimum atomic E-state index is -0.691. The summed E-state index contributed by atoms with van der Waals surface area (Å²) in [5.74, 6) is 0. The third-order valence-electron chi connectivity index (χ3n) is 4.15. The third kappa shape index (κ3) is 1.96. The quantitative estimate of drug-likeness (QED) is 0.799. The largest absolute Gasteiger partial charge is 0.388 e. The predicted molar refractivity (Wildman–Crippen MR) is 70.2 cm³/mol.